The number of pyridine rings is 2. The zero-order chi connectivity index (χ0) is 9.26. The average Bonchev–Trinajstić information content (AvgIpc) is 2.17. The molecule has 3 nitrogen and oxygen atoms in total. The van der Waals surface area contributed by atoms with Crippen molar-refractivity contribution >= 4 is 16.9 Å². The molecule has 0 atom stereocenters. The molecule has 0 N–H and O–H groups in total. The number of anilines is 1. The van der Waals surface area contributed by atoms with Crippen LogP contribution in [0.1, 0.15) is 0 Å². The molecule has 2 aromatic rings. The fourth-order valence-corrected chi connectivity index (χ4v) is 1.20. The minimum Gasteiger partial charge on any atom is -0.363 e. The van der Waals surface area contributed by atoms with Crippen LogP contribution >= 0.6 is 0 Å². The zero-order valence-electron chi connectivity index (χ0n) is 7.73. The van der Waals surface area contributed by atoms with E-state index in [4.69, 9.17) is 0 Å². The highest BCUT2D eigenvalue weighted by molar-refractivity contribution is 5.75. The van der Waals surface area contributed by atoms with E-state index in [1.165, 1.54) is 0 Å². The summed E-state index contributed by atoms with van der Waals surface area (Å²) in [6, 6.07) is 7.82. The molecule has 0 aliphatic heterocycles. The maximum Gasteiger partial charge on any atom is 0.128 e. The van der Waals surface area contributed by atoms with Gasteiger partial charge in [0.25, 0.3) is 0 Å². The number of hydrogen-bond acceptors (Lipinski definition) is 3. The van der Waals surface area contributed by atoms with E-state index in [0.29, 0.717) is 0 Å². The van der Waals surface area contributed by atoms with Gasteiger partial charge in [-0.2, -0.15) is 0 Å². The summed E-state index contributed by atoms with van der Waals surface area (Å²) >= 11 is 0. The first kappa shape index (κ1) is 7.98. The van der Waals surface area contributed by atoms with Gasteiger partial charge >= 0.3 is 0 Å². The lowest BCUT2D eigenvalue weighted by Gasteiger charge is -2.10. The summed E-state index contributed by atoms with van der Waals surface area (Å²) in [6.07, 6.45) is 1.78. The lowest BCUT2D eigenvalue weighted by atomic mass is 10.3. The molecule has 3 heteroatoms. The lowest BCUT2D eigenvalue weighted by molar-refractivity contribution is 1.08. The number of nitrogens with zero attached hydrogens (tertiary/aromatic N) is 3. The van der Waals surface area contributed by atoms with Crippen LogP contribution in [-0.4, -0.2) is 24.1 Å². The number of fused-ring (bicyclic) bond motifs is 1. The van der Waals surface area contributed by atoms with Crippen molar-refractivity contribution < 1.29 is 0 Å². The highest BCUT2D eigenvalue weighted by Crippen LogP contribution is 2.13. The highest BCUT2D eigenvalue weighted by Gasteiger charge is 1.98. The molecule has 0 bridgehead atoms. The first-order chi connectivity index (χ1) is 6.27. The Morgan fingerprint density at radius 3 is 2.69 bits per heavy atom. The van der Waals surface area contributed by atoms with E-state index in [9.17, 15) is 0 Å². The fraction of sp³-hybridized carbons (Fsp3) is 0.200. The van der Waals surface area contributed by atoms with Crippen LogP contribution in [0.4, 0.5) is 5.82 Å². The molecule has 2 rings (SSSR count). The van der Waals surface area contributed by atoms with Crippen LogP contribution in [0.5, 0.6) is 0 Å². The van der Waals surface area contributed by atoms with Crippen LogP contribution in [0.3, 0.4) is 0 Å². The zero-order valence-corrected chi connectivity index (χ0v) is 7.73. The van der Waals surface area contributed by atoms with Gasteiger partial charge in [0.2, 0.25) is 0 Å². The van der Waals surface area contributed by atoms with Crippen molar-refractivity contribution in [1.29, 1.82) is 0 Å². The molecule has 0 spiro atoms. The second kappa shape index (κ2) is 3.01. The fourth-order valence-electron chi connectivity index (χ4n) is 1.20. The van der Waals surface area contributed by atoms with Gasteiger partial charge in [-0.25, -0.2) is 4.98 Å². The van der Waals surface area contributed by atoms with Crippen LogP contribution in [0.2, 0.25) is 0 Å². The number of hydrogen-bond donors (Lipinski definition) is 0. The molecule has 2 heterocycles. The molecular weight excluding hydrogens is 162 g/mol. The first-order valence-corrected chi connectivity index (χ1v) is 4.16. The van der Waals surface area contributed by atoms with Crippen molar-refractivity contribution in [2.75, 3.05) is 19.0 Å². The van der Waals surface area contributed by atoms with E-state index >= 15 is 0 Å². The summed E-state index contributed by atoms with van der Waals surface area (Å²) < 4.78 is 0. The SMILES string of the molecule is CN(C)c1ccc2ncccc2n1. The number of aromatic nitrogens is 2. The van der Waals surface area contributed by atoms with Gasteiger partial charge in [-0.15, -0.1) is 0 Å². The Bertz CT molecular complexity index is 423. The second-order valence-corrected chi connectivity index (χ2v) is 3.11. The predicted molar refractivity (Wildman–Crippen MR) is 53.9 cm³/mol. The van der Waals surface area contributed by atoms with Gasteiger partial charge in [-0.05, 0) is 24.3 Å². The quantitative estimate of drug-likeness (QED) is 0.657. The van der Waals surface area contributed by atoms with Crippen LogP contribution < -0.4 is 4.90 Å². The summed E-state index contributed by atoms with van der Waals surface area (Å²) in [5.74, 6) is 0.959. The molecule has 0 aromatic carbocycles. The molecule has 0 amide bonds. The Morgan fingerprint density at radius 2 is 1.92 bits per heavy atom. The monoisotopic (exact) mass is 173 g/mol. The van der Waals surface area contributed by atoms with Crippen molar-refractivity contribution in [3.63, 3.8) is 0 Å². The van der Waals surface area contributed by atoms with Gasteiger partial charge in [-0.1, -0.05) is 0 Å². The van der Waals surface area contributed by atoms with E-state index in [0.717, 1.165) is 16.9 Å². The van der Waals surface area contributed by atoms with Gasteiger partial charge in [0.1, 0.15) is 5.82 Å². The van der Waals surface area contributed by atoms with Gasteiger partial charge in [0.15, 0.2) is 0 Å². The van der Waals surface area contributed by atoms with Crippen molar-refractivity contribution in [2.45, 2.75) is 0 Å². The maximum absolute atomic E-state index is 4.44. The Labute approximate surface area is 77.0 Å². The summed E-state index contributed by atoms with van der Waals surface area (Å²) in [5.41, 5.74) is 1.88. The van der Waals surface area contributed by atoms with Gasteiger partial charge in [0, 0.05) is 20.3 Å². The molecule has 13 heavy (non-hydrogen) atoms. The summed E-state index contributed by atoms with van der Waals surface area (Å²) in [7, 11) is 3.95. The molecule has 0 radical (unpaired) electrons. The summed E-state index contributed by atoms with van der Waals surface area (Å²) in [4.78, 5) is 10.6. The molecular formula is C10H11N3. The molecule has 2 aromatic heterocycles. The van der Waals surface area contributed by atoms with Gasteiger partial charge in [0.05, 0.1) is 11.0 Å². The molecule has 0 unspecified atom stereocenters. The van der Waals surface area contributed by atoms with Crippen LogP contribution in [-0.2, 0) is 0 Å². The topological polar surface area (TPSA) is 29.0 Å². The van der Waals surface area contributed by atoms with E-state index in [2.05, 4.69) is 9.97 Å². The third-order valence-corrected chi connectivity index (χ3v) is 1.90. The smallest absolute Gasteiger partial charge is 0.128 e. The predicted octanol–water partition coefficient (Wildman–Crippen LogP) is 1.70. The van der Waals surface area contributed by atoms with Crippen molar-refractivity contribution in [2.24, 2.45) is 0 Å². The van der Waals surface area contributed by atoms with Crippen LogP contribution in [0.15, 0.2) is 30.5 Å². The van der Waals surface area contributed by atoms with E-state index < -0.39 is 0 Å². The first-order valence-electron chi connectivity index (χ1n) is 4.16. The van der Waals surface area contributed by atoms with Crippen molar-refractivity contribution in [3.8, 4) is 0 Å². The average molecular weight is 173 g/mol. The molecule has 0 saturated heterocycles. The lowest BCUT2D eigenvalue weighted by Crippen LogP contribution is -2.10. The maximum atomic E-state index is 4.44. The van der Waals surface area contributed by atoms with Gasteiger partial charge in [-0.3, -0.25) is 4.98 Å². The van der Waals surface area contributed by atoms with Crippen molar-refractivity contribution in [3.05, 3.63) is 30.5 Å². The summed E-state index contributed by atoms with van der Waals surface area (Å²) in [6.45, 7) is 0. The second-order valence-electron chi connectivity index (χ2n) is 3.11. The Hall–Kier alpha value is -1.64. The molecule has 0 aliphatic rings. The molecule has 66 valence electrons. The number of rotatable bonds is 1. The largest absolute Gasteiger partial charge is 0.363 e. The van der Waals surface area contributed by atoms with E-state index in [-0.39, 0.29) is 0 Å². The van der Waals surface area contributed by atoms with Gasteiger partial charge < -0.3 is 4.90 Å². The third-order valence-electron chi connectivity index (χ3n) is 1.90. The third kappa shape index (κ3) is 1.45. The Kier molecular flexibility index (Phi) is 1.85. The Morgan fingerprint density at radius 1 is 1.08 bits per heavy atom. The Balaban J connectivity index is 2.62. The van der Waals surface area contributed by atoms with E-state index in [1.807, 2.05) is 43.3 Å². The van der Waals surface area contributed by atoms with E-state index in [1.54, 1.807) is 6.20 Å². The molecule has 0 fully saturated rings. The van der Waals surface area contributed by atoms with Crippen molar-refractivity contribution in [1.82, 2.24) is 9.97 Å². The molecule has 0 saturated carbocycles. The van der Waals surface area contributed by atoms with Crippen LogP contribution in [0, 0.1) is 0 Å². The normalized spacial score (nSPS) is 10.3. The molecule has 0 aliphatic carbocycles. The minimum absolute atomic E-state index is 0.938. The standard InChI is InChI=1S/C10H11N3/c1-13(2)10-6-5-8-9(12-10)4-3-7-11-8/h3-7H,1-2H3. The highest BCUT2D eigenvalue weighted by atomic mass is 15.1. The summed E-state index contributed by atoms with van der Waals surface area (Å²) in [5, 5.41) is 0. The minimum atomic E-state index is 0.938. The van der Waals surface area contributed by atoms with Crippen LogP contribution in [0.25, 0.3) is 11.0 Å².